The van der Waals surface area contributed by atoms with Gasteiger partial charge in [0.15, 0.2) is 0 Å². The molecule has 0 radical (unpaired) electrons. The van der Waals surface area contributed by atoms with Crippen LogP contribution in [0.3, 0.4) is 0 Å². The summed E-state index contributed by atoms with van der Waals surface area (Å²) in [5.74, 6) is -1.66. The Morgan fingerprint density at radius 2 is 1.63 bits per heavy atom. The lowest BCUT2D eigenvalue weighted by molar-refractivity contribution is -0.132. The van der Waals surface area contributed by atoms with Crippen LogP contribution < -0.4 is 4.90 Å². The minimum atomic E-state index is -0.765. The number of carbonyl (C=O) groups excluding carboxylic acids is 2. The van der Waals surface area contributed by atoms with Gasteiger partial charge in [0.1, 0.15) is 10.8 Å². The summed E-state index contributed by atoms with van der Waals surface area (Å²) in [6.45, 7) is 1.78. The molecule has 1 fully saturated rings. The van der Waals surface area contributed by atoms with Crippen molar-refractivity contribution in [2.24, 2.45) is 0 Å². The van der Waals surface area contributed by atoms with Gasteiger partial charge in [0.2, 0.25) is 5.13 Å². The van der Waals surface area contributed by atoms with Gasteiger partial charge >= 0.3 is 5.91 Å². The van der Waals surface area contributed by atoms with Gasteiger partial charge in [-0.05, 0) is 12.5 Å². The van der Waals surface area contributed by atoms with Gasteiger partial charge in [-0.3, -0.25) is 14.5 Å². The van der Waals surface area contributed by atoms with E-state index >= 15 is 0 Å². The Balaban J connectivity index is 1.94. The monoisotopic (exact) mass is 377 g/mol. The molecule has 1 saturated heterocycles. The van der Waals surface area contributed by atoms with Crippen molar-refractivity contribution in [3.63, 3.8) is 0 Å². The molecule has 1 aliphatic heterocycles. The predicted octanol–water partition coefficient (Wildman–Crippen LogP) is 3.47. The van der Waals surface area contributed by atoms with E-state index in [4.69, 9.17) is 0 Å². The third-order valence-corrected chi connectivity index (χ3v) is 5.17. The lowest BCUT2D eigenvalue weighted by atomic mass is 9.95. The molecule has 7 heteroatoms. The number of aromatic nitrogens is 2. The summed E-state index contributed by atoms with van der Waals surface area (Å²) in [6, 6.07) is 17.1. The maximum atomic E-state index is 12.8. The first-order chi connectivity index (χ1) is 13.1. The predicted molar refractivity (Wildman–Crippen MR) is 102 cm³/mol. The minimum absolute atomic E-state index is 0.0465. The average Bonchev–Trinajstić information content (AvgIpc) is 3.24. The number of anilines is 1. The van der Waals surface area contributed by atoms with Gasteiger partial charge in [-0.15, -0.1) is 10.2 Å². The molecule has 0 saturated carbocycles. The second kappa shape index (κ2) is 6.77. The van der Waals surface area contributed by atoms with Gasteiger partial charge in [-0.25, -0.2) is 0 Å². The van der Waals surface area contributed by atoms with Crippen LogP contribution in [0.1, 0.15) is 22.2 Å². The van der Waals surface area contributed by atoms with Gasteiger partial charge in [-0.2, -0.15) is 0 Å². The maximum absolute atomic E-state index is 12.8. The fourth-order valence-corrected chi connectivity index (χ4v) is 3.83. The van der Waals surface area contributed by atoms with Crippen molar-refractivity contribution in [2.45, 2.75) is 13.0 Å². The highest BCUT2D eigenvalue weighted by Gasteiger charge is 2.48. The molecular weight excluding hydrogens is 362 g/mol. The van der Waals surface area contributed by atoms with E-state index in [0.717, 1.165) is 0 Å². The van der Waals surface area contributed by atoms with Crippen molar-refractivity contribution >= 4 is 33.9 Å². The normalized spacial score (nSPS) is 18.9. The second-order valence-electron chi connectivity index (χ2n) is 6.05. The molecule has 1 aromatic heterocycles. The number of carbonyl (C=O) groups is 2. The van der Waals surface area contributed by atoms with E-state index in [1.54, 1.807) is 31.2 Å². The van der Waals surface area contributed by atoms with E-state index in [0.29, 0.717) is 21.3 Å². The van der Waals surface area contributed by atoms with Crippen molar-refractivity contribution in [1.82, 2.24) is 10.2 Å². The van der Waals surface area contributed by atoms with Crippen molar-refractivity contribution in [2.75, 3.05) is 4.90 Å². The van der Waals surface area contributed by atoms with Crippen LogP contribution in [0.5, 0.6) is 0 Å². The maximum Gasteiger partial charge on any atom is 0.301 e. The summed E-state index contributed by atoms with van der Waals surface area (Å²) in [4.78, 5) is 27.0. The van der Waals surface area contributed by atoms with Gasteiger partial charge in [0.25, 0.3) is 5.78 Å². The smallest absolute Gasteiger partial charge is 0.301 e. The molecule has 1 aliphatic rings. The summed E-state index contributed by atoms with van der Waals surface area (Å²) >= 11 is 1.23. The highest BCUT2D eigenvalue weighted by molar-refractivity contribution is 7.15. The largest absolute Gasteiger partial charge is 0.507 e. The molecule has 1 amide bonds. The zero-order chi connectivity index (χ0) is 19.0. The number of nitrogens with zero attached hydrogens (tertiary/aromatic N) is 3. The first-order valence-electron chi connectivity index (χ1n) is 8.29. The highest BCUT2D eigenvalue weighted by Crippen LogP contribution is 2.42. The van der Waals surface area contributed by atoms with E-state index in [2.05, 4.69) is 10.2 Å². The van der Waals surface area contributed by atoms with Crippen LogP contribution >= 0.6 is 11.3 Å². The topological polar surface area (TPSA) is 83.4 Å². The van der Waals surface area contributed by atoms with Gasteiger partial charge in [-0.1, -0.05) is 72.0 Å². The van der Waals surface area contributed by atoms with Crippen LogP contribution in [0, 0.1) is 6.92 Å². The Kier molecular flexibility index (Phi) is 4.29. The van der Waals surface area contributed by atoms with Gasteiger partial charge in [0, 0.05) is 5.56 Å². The van der Waals surface area contributed by atoms with Crippen LogP contribution in [-0.4, -0.2) is 27.0 Å². The Labute approximate surface area is 159 Å². The third kappa shape index (κ3) is 2.92. The molecule has 27 heavy (non-hydrogen) atoms. The number of rotatable bonds is 3. The van der Waals surface area contributed by atoms with Crippen LogP contribution in [0.25, 0.3) is 5.76 Å². The molecule has 3 aromatic rings. The first kappa shape index (κ1) is 17.1. The second-order valence-corrected chi connectivity index (χ2v) is 7.21. The van der Waals surface area contributed by atoms with Crippen molar-refractivity contribution in [1.29, 1.82) is 0 Å². The van der Waals surface area contributed by atoms with E-state index in [1.807, 2.05) is 36.4 Å². The zero-order valence-corrected chi connectivity index (χ0v) is 15.2. The summed E-state index contributed by atoms with van der Waals surface area (Å²) < 4.78 is 0. The van der Waals surface area contributed by atoms with Crippen LogP contribution in [0.2, 0.25) is 0 Å². The van der Waals surface area contributed by atoms with Crippen molar-refractivity contribution < 1.29 is 14.7 Å². The Bertz CT molecular complexity index is 1040. The summed E-state index contributed by atoms with van der Waals surface area (Å²) in [7, 11) is 0. The van der Waals surface area contributed by atoms with Gasteiger partial charge in [0.05, 0.1) is 11.6 Å². The molecule has 1 N–H and O–H groups in total. The number of aryl methyl sites for hydroxylation is 1. The molecule has 0 bridgehead atoms. The van der Waals surface area contributed by atoms with E-state index in [9.17, 15) is 14.7 Å². The number of hydrogen-bond acceptors (Lipinski definition) is 6. The Morgan fingerprint density at radius 3 is 2.22 bits per heavy atom. The number of ketones is 1. The molecule has 2 heterocycles. The molecule has 1 unspecified atom stereocenters. The minimum Gasteiger partial charge on any atom is -0.507 e. The molecule has 2 aromatic carbocycles. The fourth-order valence-electron chi connectivity index (χ4n) is 3.12. The summed E-state index contributed by atoms with van der Waals surface area (Å²) in [5, 5.41) is 19.9. The molecular formula is C20H15N3O3S. The molecule has 134 valence electrons. The van der Waals surface area contributed by atoms with Crippen LogP contribution in [-0.2, 0) is 9.59 Å². The Hall–Kier alpha value is -3.32. The summed E-state index contributed by atoms with van der Waals surface area (Å²) in [5.41, 5.74) is 1.23. The zero-order valence-electron chi connectivity index (χ0n) is 14.4. The molecule has 0 aliphatic carbocycles. The number of Topliss-reactive ketones (excluding diaryl/α,β-unsaturated/α-hetero) is 1. The molecule has 1 atom stereocenters. The van der Waals surface area contributed by atoms with Crippen LogP contribution in [0.4, 0.5) is 5.13 Å². The standard InChI is InChI=1S/C20H15N3O3S/c1-12-21-22-20(27-12)23-16(13-8-4-2-5-9-13)15(18(25)19(23)26)17(24)14-10-6-3-7-11-14/h2-11,16,24H,1H3/b17-15-. The fraction of sp³-hybridized carbons (Fsp3) is 0.100. The van der Waals surface area contributed by atoms with E-state index < -0.39 is 17.7 Å². The van der Waals surface area contributed by atoms with E-state index in [-0.39, 0.29) is 11.3 Å². The highest BCUT2D eigenvalue weighted by atomic mass is 32.1. The molecule has 0 spiro atoms. The third-order valence-electron chi connectivity index (χ3n) is 4.33. The number of hydrogen-bond donors (Lipinski definition) is 1. The number of amides is 1. The first-order valence-corrected chi connectivity index (χ1v) is 9.11. The van der Waals surface area contributed by atoms with Crippen molar-refractivity contribution in [3.8, 4) is 0 Å². The molecule has 4 rings (SSSR count). The van der Waals surface area contributed by atoms with Crippen LogP contribution in [0.15, 0.2) is 66.2 Å². The van der Waals surface area contributed by atoms with E-state index in [1.165, 1.54) is 16.2 Å². The number of aliphatic hydroxyl groups is 1. The lowest BCUT2D eigenvalue weighted by Gasteiger charge is -2.22. The Morgan fingerprint density at radius 1 is 1.00 bits per heavy atom. The average molecular weight is 377 g/mol. The number of aliphatic hydroxyl groups excluding tert-OH is 1. The SMILES string of the molecule is Cc1nnc(N2C(=O)C(=O)/C(=C(\O)c3ccccc3)C2c2ccccc2)s1. The van der Waals surface area contributed by atoms with Crippen molar-refractivity contribution in [3.05, 3.63) is 82.4 Å². The van der Waals surface area contributed by atoms with Gasteiger partial charge < -0.3 is 5.11 Å². The quantitative estimate of drug-likeness (QED) is 0.429. The molecule has 6 nitrogen and oxygen atoms in total. The summed E-state index contributed by atoms with van der Waals surface area (Å²) in [6.07, 6.45) is 0. The number of benzene rings is 2. The lowest BCUT2D eigenvalue weighted by Crippen LogP contribution is -2.29.